The van der Waals surface area contributed by atoms with E-state index in [1.165, 1.54) is 12.8 Å². The molecule has 3 nitrogen and oxygen atoms in total. The lowest BCUT2D eigenvalue weighted by molar-refractivity contribution is 0.632. The Labute approximate surface area is 73.2 Å². The molecule has 0 radical (unpaired) electrons. The predicted molar refractivity (Wildman–Crippen MR) is 48.6 cm³/mol. The van der Waals surface area contributed by atoms with Crippen molar-refractivity contribution in [2.24, 2.45) is 0 Å². The van der Waals surface area contributed by atoms with Gasteiger partial charge in [0.2, 0.25) is 0 Å². The second kappa shape index (κ2) is 5.66. The molecular weight excluding hydrogens is 150 g/mol. The van der Waals surface area contributed by atoms with Crippen molar-refractivity contribution >= 4 is 0 Å². The molecule has 0 bridgehead atoms. The normalized spacial score (nSPS) is 10.1. The lowest BCUT2D eigenvalue weighted by atomic mass is 10.3. The van der Waals surface area contributed by atoms with Gasteiger partial charge in [0.05, 0.1) is 5.69 Å². The number of aromatic nitrogens is 2. The summed E-state index contributed by atoms with van der Waals surface area (Å²) in [6.45, 7) is 4.07. The standard InChI is InChI=1S/C9H15N3/c1-2-3-4-10-7-9-8-11-5-6-12-9/h5-6,8,10H,2-4,7H2,1H3. The quantitative estimate of drug-likeness (QED) is 0.669. The lowest BCUT2D eigenvalue weighted by Gasteiger charge is -2.01. The summed E-state index contributed by atoms with van der Waals surface area (Å²) in [6, 6.07) is 0. The fourth-order valence-electron chi connectivity index (χ4n) is 0.939. The summed E-state index contributed by atoms with van der Waals surface area (Å²) in [7, 11) is 0. The van der Waals surface area contributed by atoms with E-state index in [1.54, 1.807) is 18.6 Å². The van der Waals surface area contributed by atoms with Crippen molar-refractivity contribution in [1.82, 2.24) is 15.3 Å². The smallest absolute Gasteiger partial charge is 0.0724 e. The van der Waals surface area contributed by atoms with Crippen LogP contribution in [0.15, 0.2) is 18.6 Å². The Hall–Kier alpha value is -0.960. The molecule has 0 saturated heterocycles. The first-order chi connectivity index (χ1) is 5.93. The maximum atomic E-state index is 4.15. The van der Waals surface area contributed by atoms with Gasteiger partial charge < -0.3 is 5.32 Å². The predicted octanol–water partition coefficient (Wildman–Crippen LogP) is 1.37. The van der Waals surface area contributed by atoms with E-state index in [0.29, 0.717) is 0 Å². The number of nitrogens with zero attached hydrogens (tertiary/aromatic N) is 2. The van der Waals surface area contributed by atoms with Crippen molar-refractivity contribution in [2.45, 2.75) is 26.3 Å². The molecule has 0 fully saturated rings. The van der Waals surface area contributed by atoms with Gasteiger partial charge in [-0.25, -0.2) is 0 Å². The molecule has 12 heavy (non-hydrogen) atoms. The van der Waals surface area contributed by atoms with Gasteiger partial charge in [0, 0.05) is 25.1 Å². The SMILES string of the molecule is CCCCNCc1cnccn1. The second-order valence-electron chi connectivity index (χ2n) is 2.73. The number of unbranched alkanes of at least 4 members (excludes halogenated alkanes) is 1. The van der Waals surface area contributed by atoms with Crippen LogP contribution >= 0.6 is 0 Å². The number of hydrogen-bond acceptors (Lipinski definition) is 3. The fraction of sp³-hybridized carbons (Fsp3) is 0.556. The molecular formula is C9H15N3. The number of nitrogens with one attached hydrogen (secondary N) is 1. The van der Waals surface area contributed by atoms with Gasteiger partial charge in [-0.15, -0.1) is 0 Å². The minimum atomic E-state index is 0.827. The summed E-state index contributed by atoms with van der Waals surface area (Å²) in [4.78, 5) is 8.13. The average Bonchev–Trinajstić information content (AvgIpc) is 2.14. The summed E-state index contributed by atoms with van der Waals surface area (Å²) < 4.78 is 0. The minimum Gasteiger partial charge on any atom is -0.311 e. The van der Waals surface area contributed by atoms with Crippen molar-refractivity contribution < 1.29 is 0 Å². The molecule has 1 rings (SSSR count). The molecule has 0 unspecified atom stereocenters. The summed E-state index contributed by atoms with van der Waals surface area (Å²) in [5.74, 6) is 0. The van der Waals surface area contributed by atoms with Gasteiger partial charge in [-0.3, -0.25) is 9.97 Å². The average molecular weight is 165 g/mol. The first kappa shape index (κ1) is 9.13. The molecule has 1 heterocycles. The van der Waals surface area contributed by atoms with Gasteiger partial charge in [-0.05, 0) is 13.0 Å². The Kier molecular flexibility index (Phi) is 4.31. The molecule has 0 aliphatic heterocycles. The Balaban J connectivity index is 2.16. The first-order valence-electron chi connectivity index (χ1n) is 4.39. The van der Waals surface area contributed by atoms with Crippen LogP contribution in [0.1, 0.15) is 25.5 Å². The van der Waals surface area contributed by atoms with E-state index >= 15 is 0 Å². The third-order valence-electron chi connectivity index (χ3n) is 1.63. The molecule has 1 N–H and O–H groups in total. The van der Waals surface area contributed by atoms with Crippen LogP contribution in [-0.2, 0) is 6.54 Å². The highest BCUT2D eigenvalue weighted by molar-refractivity contribution is 4.93. The van der Waals surface area contributed by atoms with E-state index < -0.39 is 0 Å². The molecule has 66 valence electrons. The van der Waals surface area contributed by atoms with Crippen LogP contribution in [0.5, 0.6) is 0 Å². The van der Waals surface area contributed by atoms with Crippen LogP contribution in [0.3, 0.4) is 0 Å². The highest BCUT2D eigenvalue weighted by Crippen LogP contribution is 1.89. The molecule has 0 saturated carbocycles. The molecule has 0 spiro atoms. The van der Waals surface area contributed by atoms with Crippen molar-refractivity contribution in [2.75, 3.05) is 6.54 Å². The zero-order valence-corrected chi connectivity index (χ0v) is 7.45. The van der Waals surface area contributed by atoms with E-state index in [-0.39, 0.29) is 0 Å². The van der Waals surface area contributed by atoms with E-state index in [2.05, 4.69) is 22.2 Å². The van der Waals surface area contributed by atoms with Gasteiger partial charge in [-0.1, -0.05) is 13.3 Å². The highest BCUT2D eigenvalue weighted by atomic mass is 14.9. The molecule has 0 atom stereocenters. The topological polar surface area (TPSA) is 37.8 Å². The monoisotopic (exact) mass is 165 g/mol. The molecule has 0 aliphatic carbocycles. The Morgan fingerprint density at radius 3 is 3.00 bits per heavy atom. The van der Waals surface area contributed by atoms with E-state index in [4.69, 9.17) is 0 Å². The van der Waals surface area contributed by atoms with E-state index in [1.807, 2.05) is 0 Å². The third kappa shape index (κ3) is 3.44. The minimum absolute atomic E-state index is 0.827. The van der Waals surface area contributed by atoms with Crippen LogP contribution in [0.25, 0.3) is 0 Å². The van der Waals surface area contributed by atoms with Crippen LogP contribution in [0.2, 0.25) is 0 Å². The van der Waals surface area contributed by atoms with Gasteiger partial charge >= 0.3 is 0 Å². The Bertz CT molecular complexity index is 198. The highest BCUT2D eigenvalue weighted by Gasteiger charge is 1.90. The van der Waals surface area contributed by atoms with Crippen molar-refractivity contribution in [3.8, 4) is 0 Å². The fourth-order valence-corrected chi connectivity index (χ4v) is 0.939. The lowest BCUT2D eigenvalue weighted by Crippen LogP contribution is -2.15. The molecule has 0 aromatic carbocycles. The van der Waals surface area contributed by atoms with Gasteiger partial charge in [0.15, 0.2) is 0 Å². The largest absolute Gasteiger partial charge is 0.311 e. The molecule has 0 amide bonds. The van der Waals surface area contributed by atoms with Crippen molar-refractivity contribution in [1.29, 1.82) is 0 Å². The zero-order valence-electron chi connectivity index (χ0n) is 7.45. The van der Waals surface area contributed by atoms with Crippen molar-refractivity contribution in [3.63, 3.8) is 0 Å². The summed E-state index contributed by atoms with van der Waals surface area (Å²) in [5, 5.41) is 3.30. The molecule has 1 aromatic heterocycles. The maximum absolute atomic E-state index is 4.15. The Morgan fingerprint density at radius 1 is 1.42 bits per heavy atom. The number of rotatable bonds is 5. The molecule has 0 aliphatic rings. The van der Waals surface area contributed by atoms with Gasteiger partial charge in [0.25, 0.3) is 0 Å². The number of hydrogen-bond donors (Lipinski definition) is 1. The first-order valence-corrected chi connectivity index (χ1v) is 4.39. The maximum Gasteiger partial charge on any atom is 0.0724 e. The van der Waals surface area contributed by atoms with E-state index in [9.17, 15) is 0 Å². The second-order valence-corrected chi connectivity index (χ2v) is 2.73. The Morgan fingerprint density at radius 2 is 2.33 bits per heavy atom. The summed E-state index contributed by atoms with van der Waals surface area (Å²) in [5.41, 5.74) is 1.01. The summed E-state index contributed by atoms with van der Waals surface area (Å²) >= 11 is 0. The van der Waals surface area contributed by atoms with Gasteiger partial charge in [-0.2, -0.15) is 0 Å². The van der Waals surface area contributed by atoms with E-state index in [0.717, 1.165) is 18.8 Å². The molecule has 3 heteroatoms. The summed E-state index contributed by atoms with van der Waals surface area (Å²) in [6.07, 6.45) is 7.65. The zero-order chi connectivity index (χ0) is 8.65. The van der Waals surface area contributed by atoms with Crippen LogP contribution in [0, 0.1) is 0 Å². The van der Waals surface area contributed by atoms with Crippen LogP contribution < -0.4 is 5.32 Å². The van der Waals surface area contributed by atoms with Gasteiger partial charge in [0.1, 0.15) is 0 Å². The van der Waals surface area contributed by atoms with Crippen LogP contribution in [-0.4, -0.2) is 16.5 Å². The van der Waals surface area contributed by atoms with Crippen LogP contribution in [0.4, 0.5) is 0 Å². The third-order valence-corrected chi connectivity index (χ3v) is 1.63. The van der Waals surface area contributed by atoms with Crippen molar-refractivity contribution in [3.05, 3.63) is 24.3 Å². The molecule has 1 aromatic rings.